The fourth-order valence-electron chi connectivity index (χ4n) is 4.60. The largest absolute Gasteiger partial charge is 0.473 e. The summed E-state index contributed by atoms with van der Waals surface area (Å²) in [5.41, 5.74) is 1.51. The average Bonchev–Trinajstić information content (AvgIpc) is 3.17. The van der Waals surface area contributed by atoms with Crippen LogP contribution in [0.5, 0.6) is 5.75 Å². The summed E-state index contributed by atoms with van der Waals surface area (Å²) in [6, 6.07) is 17.8. The molecule has 3 heterocycles. The number of hydrazine groups is 1. The second-order valence-corrected chi connectivity index (χ2v) is 9.53. The third-order valence-electron chi connectivity index (χ3n) is 6.75. The molecule has 2 aromatic rings. The van der Waals surface area contributed by atoms with Gasteiger partial charge in [-0.3, -0.25) is 9.69 Å². The van der Waals surface area contributed by atoms with Gasteiger partial charge >= 0.3 is 0 Å². The van der Waals surface area contributed by atoms with Gasteiger partial charge in [0.25, 0.3) is 6.23 Å². The normalized spacial score (nSPS) is 27.9. The second kappa shape index (κ2) is 9.74. The summed E-state index contributed by atoms with van der Waals surface area (Å²) < 4.78 is 12.0. The van der Waals surface area contributed by atoms with Crippen LogP contribution in [-0.4, -0.2) is 70.0 Å². The molecule has 5 rings (SSSR count). The predicted octanol–water partition coefficient (Wildman–Crippen LogP) is 2.97. The number of nitrogens with zero attached hydrogens (tertiary/aromatic N) is 4. The number of ether oxygens (including phenoxy) is 2. The number of aldehydes is 1. The highest BCUT2D eigenvalue weighted by atomic mass is 16.6. The van der Waals surface area contributed by atoms with Crippen LogP contribution >= 0.6 is 0 Å². The van der Waals surface area contributed by atoms with Crippen LogP contribution in [0.2, 0.25) is 0 Å². The zero-order valence-corrected chi connectivity index (χ0v) is 19.5. The Morgan fingerprint density at radius 2 is 1.91 bits per heavy atom. The van der Waals surface area contributed by atoms with Crippen molar-refractivity contribution in [1.29, 1.82) is 0 Å². The molecule has 0 amide bonds. The van der Waals surface area contributed by atoms with Crippen LogP contribution in [0.25, 0.3) is 0 Å². The van der Waals surface area contributed by atoms with E-state index in [1.807, 2.05) is 54.4 Å². The smallest absolute Gasteiger partial charge is 0.260 e. The molecule has 0 saturated carbocycles. The van der Waals surface area contributed by atoms with Gasteiger partial charge in [-0.25, -0.2) is 0 Å². The molecule has 0 spiro atoms. The minimum atomic E-state index is -0.793. The van der Waals surface area contributed by atoms with E-state index in [1.165, 1.54) is 5.56 Å². The summed E-state index contributed by atoms with van der Waals surface area (Å²) in [4.78, 5) is 14.0. The van der Waals surface area contributed by atoms with E-state index in [2.05, 4.69) is 22.1 Å². The van der Waals surface area contributed by atoms with Gasteiger partial charge in [-0.15, -0.1) is 5.10 Å². The van der Waals surface area contributed by atoms with E-state index >= 15 is 0 Å². The number of hydrogen-bond acceptors (Lipinski definition) is 8. The van der Waals surface area contributed by atoms with Crippen molar-refractivity contribution in [3.63, 3.8) is 0 Å². The number of hydrazone groups is 1. The van der Waals surface area contributed by atoms with Crippen molar-refractivity contribution in [3.05, 3.63) is 65.7 Å². The molecule has 2 saturated heterocycles. The molecule has 0 radical (unpaired) electrons. The summed E-state index contributed by atoms with van der Waals surface area (Å²) in [5, 5.41) is 18.4. The molecule has 0 aliphatic carbocycles. The maximum Gasteiger partial charge on any atom is 0.260 e. The molecule has 34 heavy (non-hydrogen) atoms. The number of likely N-dealkylation sites (tertiary alicyclic amines) is 1. The Labute approximate surface area is 200 Å². The number of rotatable bonds is 7. The first-order valence-electron chi connectivity index (χ1n) is 12.0. The Balaban J connectivity index is 1.19. The molecule has 0 aromatic heterocycles. The summed E-state index contributed by atoms with van der Waals surface area (Å²) in [7, 11) is 0. The van der Waals surface area contributed by atoms with Gasteiger partial charge in [0, 0.05) is 31.6 Å². The van der Waals surface area contributed by atoms with Crippen LogP contribution in [0.1, 0.15) is 43.7 Å². The Morgan fingerprint density at radius 3 is 2.62 bits per heavy atom. The molecule has 180 valence electrons. The molecule has 3 aliphatic heterocycles. The Bertz CT molecular complexity index is 1010. The van der Waals surface area contributed by atoms with Gasteiger partial charge in [0.05, 0.1) is 5.60 Å². The van der Waals surface area contributed by atoms with Gasteiger partial charge < -0.3 is 14.6 Å². The maximum atomic E-state index is 11.6. The number of aliphatic hydroxyl groups is 1. The third-order valence-corrected chi connectivity index (χ3v) is 6.75. The number of benzene rings is 2. The van der Waals surface area contributed by atoms with Crippen molar-refractivity contribution in [2.75, 3.05) is 19.6 Å². The minimum Gasteiger partial charge on any atom is -0.473 e. The van der Waals surface area contributed by atoms with Gasteiger partial charge in [0.15, 0.2) is 12.5 Å². The van der Waals surface area contributed by atoms with Crippen LogP contribution in [0.15, 0.2) is 59.7 Å². The lowest BCUT2D eigenvalue weighted by Crippen LogP contribution is -2.60. The van der Waals surface area contributed by atoms with Gasteiger partial charge in [-0.05, 0) is 62.6 Å². The van der Waals surface area contributed by atoms with E-state index in [1.54, 1.807) is 5.12 Å². The second-order valence-electron chi connectivity index (χ2n) is 9.53. The number of carbonyl (C=O) groups is 1. The van der Waals surface area contributed by atoms with E-state index < -0.39 is 11.8 Å². The SMILES string of the molecule is CC1(O)CCCN(Cc2ccc(OC3CCN3N3N=C(c4ccccc4)OC3C=O)cc2)CC1. The highest BCUT2D eigenvalue weighted by Crippen LogP contribution is 2.29. The number of hydrogen-bond donors (Lipinski definition) is 1. The summed E-state index contributed by atoms with van der Waals surface area (Å²) in [6.45, 7) is 5.46. The van der Waals surface area contributed by atoms with Gasteiger partial charge in [0.2, 0.25) is 5.90 Å². The minimum absolute atomic E-state index is 0.205. The third kappa shape index (κ3) is 5.09. The first kappa shape index (κ1) is 22.8. The van der Waals surface area contributed by atoms with Crippen LogP contribution < -0.4 is 4.74 Å². The predicted molar refractivity (Wildman–Crippen MR) is 128 cm³/mol. The topological polar surface area (TPSA) is 77.8 Å². The molecule has 3 unspecified atom stereocenters. The molecule has 0 bridgehead atoms. The van der Waals surface area contributed by atoms with Gasteiger partial charge in [-0.1, -0.05) is 30.3 Å². The summed E-state index contributed by atoms with van der Waals surface area (Å²) in [5.74, 6) is 1.22. The molecule has 2 fully saturated rings. The molecular formula is C26H32N4O4. The Morgan fingerprint density at radius 1 is 1.12 bits per heavy atom. The van der Waals surface area contributed by atoms with Crippen molar-refractivity contribution in [1.82, 2.24) is 15.0 Å². The zero-order valence-electron chi connectivity index (χ0n) is 19.5. The van der Waals surface area contributed by atoms with E-state index in [0.29, 0.717) is 5.90 Å². The lowest BCUT2D eigenvalue weighted by Gasteiger charge is -2.44. The monoisotopic (exact) mass is 464 g/mol. The molecule has 1 N–H and O–H groups in total. The van der Waals surface area contributed by atoms with E-state index in [-0.39, 0.29) is 6.23 Å². The molecule has 3 aliphatic rings. The van der Waals surface area contributed by atoms with Crippen molar-refractivity contribution in [2.24, 2.45) is 5.10 Å². The first-order chi connectivity index (χ1) is 16.5. The quantitative estimate of drug-likeness (QED) is 0.631. The van der Waals surface area contributed by atoms with Crippen molar-refractivity contribution < 1.29 is 19.4 Å². The maximum absolute atomic E-state index is 11.6. The van der Waals surface area contributed by atoms with Crippen LogP contribution in [0.4, 0.5) is 0 Å². The van der Waals surface area contributed by atoms with Crippen molar-refractivity contribution in [3.8, 4) is 5.75 Å². The summed E-state index contributed by atoms with van der Waals surface area (Å²) in [6.07, 6.45) is 3.28. The standard InChI is InChI=1S/C26H32N4O4/c1-26(32)13-5-15-28(17-14-26)18-20-8-10-22(11-9-20)33-23-12-16-29(23)30-24(19-31)34-25(27-30)21-6-3-2-4-7-21/h2-4,6-11,19,23-24,32H,5,12-18H2,1H3. The van der Waals surface area contributed by atoms with Gasteiger partial charge in [0.1, 0.15) is 5.75 Å². The van der Waals surface area contributed by atoms with Crippen LogP contribution in [-0.2, 0) is 16.1 Å². The molecule has 8 nitrogen and oxygen atoms in total. The van der Waals surface area contributed by atoms with E-state index in [9.17, 15) is 9.90 Å². The zero-order chi connectivity index (χ0) is 23.5. The van der Waals surface area contributed by atoms with E-state index in [4.69, 9.17) is 9.47 Å². The molecule has 3 atom stereocenters. The Kier molecular flexibility index (Phi) is 6.54. The van der Waals surface area contributed by atoms with Crippen molar-refractivity contribution >= 4 is 12.2 Å². The lowest BCUT2D eigenvalue weighted by molar-refractivity contribution is -0.218. The fraction of sp³-hybridized carbons (Fsp3) is 0.462. The van der Waals surface area contributed by atoms with E-state index in [0.717, 1.165) is 69.5 Å². The molecular weight excluding hydrogens is 432 g/mol. The highest BCUT2D eigenvalue weighted by Gasteiger charge is 2.42. The molecule has 2 aromatic carbocycles. The van der Waals surface area contributed by atoms with Crippen molar-refractivity contribution in [2.45, 2.75) is 57.2 Å². The highest BCUT2D eigenvalue weighted by molar-refractivity contribution is 5.95. The Hall–Kier alpha value is -2.94. The molecule has 8 heteroatoms. The lowest BCUT2D eigenvalue weighted by atomic mass is 9.98. The van der Waals surface area contributed by atoms with Crippen LogP contribution in [0.3, 0.4) is 0 Å². The summed E-state index contributed by atoms with van der Waals surface area (Å²) >= 11 is 0. The number of carbonyl (C=O) groups excluding carboxylic acids is 1. The average molecular weight is 465 g/mol. The van der Waals surface area contributed by atoms with Crippen LogP contribution in [0, 0.1) is 0 Å². The fourth-order valence-corrected chi connectivity index (χ4v) is 4.60. The van der Waals surface area contributed by atoms with Gasteiger partial charge in [-0.2, -0.15) is 10.1 Å². The first-order valence-corrected chi connectivity index (χ1v) is 12.0.